The van der Waals surface area contributed by atoms with Crippen LogP contribution in [0.25, 0.3) is 10.4 Å². The van der Waals surface area contributed by atoms with Crippen LogP contribution in [0.2, 0.25) is 0 Å². The lowest BCUT2D eigenvalue weighted by molar-refractivity contribution is -0.108. The van der Waals surface area contributed by atoms with Crippen LogP contribution in [0.5, 0.6) is 0 Å². The average molecular weight is 246 g/mol. The van der Waals surface area contributed by atoms with Crippen molar-refractivity contribution in [2.75, 3.05) is 0 Å². The fourth-order valence-electron chi connectivity index (χ4n) is 1.70. The summed E-state index contributed by atoms with van der Waals surface area (Å²) in [5, 5.41) is 0. The van der Waals surface area contributed by atoms with Crippen LogP contribution >= 0.6 is 11.3 Å². The Bertz CT molecular complexity index is 504. The van der Waals surface area contributed by atoms with E-state index in [0.29, 0.717) is 6.42 Å². The summed E-state index contributed by atoms with van der Waals surface area (Å²) in [6.07, 6.45) is 1.21. The predicted molar refractivity (Wildman–Crippen MR) is 69.9 cm³/mol. The normalized spacial score (nSPS) is 12.4. The van der Waals surface area contributed by atoms with Gasteiger partial charge in [0.25, 0.3) is 0 Å². The number of benzene rings is 1. The van der Waals surface area contributed by atoms with Gasteiger partial charge in [-0.2, -0.15) is 0 Å². The maximum Gasteiger partial charge on any atom is 0.121 e. The SMILES string of the molecule is Cc1ncsc1-c1ccc([C@H](N)CC=O)cc1. The van der Waals surface area contributed by atoms with Crippen molar-refractivity contribution in [3.8, 4) is 10.4 Å². The monoisotopic (exact) mass is 246 g/mol. The second kappa shape index (κ2) is 5.21. The molecule has 0 aliphatic carbocycles. The molecule has 2 rings (SSSR count). The van der Waals surface area contributed by atoms with Gasteiger partial charge in [-0.05, 0) is 18.1 Å². The molecule has 0 aliphatic rings. The van der Waals surface area contributed by atoms with Gasteiger partial charge in [-0.25, -0.2) is 4.98 Å². The average Bonchev–Trinajstić information content (AvgIpc) is 2.76. The van der Waals surface area contributed by atoms with E-state index in [1.54, 1.807) is 11.3 Å². The second-order valence-electron chi connectivity index (χ2n) is 3.90. The first-order chi connectivity index (χ1) is 8.22. The molecule has 0 saturated heterocycles. The van der Waals surface area contributed by atoms with Crippen LogP contribution in [0.15, 0.2) is 29.8 Å². The topological polar surface area (TPSA) is 56.0 Å². The summed E-state index contributed by atoms with van der Waals surface area (Å²) < 4.78 is 0. The number of carbonyl (C=O) groups is 1. The quantitative estimate of drug-likeness (QED) is 0.844. The van der Waals surface area contributed by atoms with Crippen LogP contribution in [0, 0.1) is 6.92 Å². The molecule has 88 valence electrons. The van der Waals surface area contributed by atoms with Gasteiger partial charge < -0.3 is 10.5 Å². The third-order valence-electron chi connectivity index (χ3n) is 2.70. The van der Waals surface area contributed by atoms with Crippen LogP contribution in [-0.2, 0) is 4.79 Å². The summed E-state index contributed by atoms with van der Waals surface area (Å²) in [7, 11) is 0. The highest BCUT2D eigenvalue weighted by Crippen LogP contribution is 2.28. The van der Waals surface area contributed by atoms with E-state index in [1.165, 1.54) is 4.88 Å². The molecule has 0 saturated carbocycles. The standard InChI is InChI=1S/C13H14N2OS/c1-9-13(17-8-15-9)11-4-2-10(3-5-11)12(14)6-7-16/h2-5,7-8,12H,6,14H2,1H3/t12-/m1/s1. The first kappa shape index (κ1) is 12.0. The van der Waals surface area contributed by atoms with Crippen molar-refractivity contribution in [3.63, 3.8) is 0 Å². The van der Waals surface area contributed by atoms with E-state index < -0.39 is 0 Å². The number of aldehydes is 1. The molecule has 3 nitrogen and oxygen atoms in total. The maximum atomic E-state index is 10.4. The lowest BCUT2D eigenvalue weighted by atomic mass is 10.0. The summed E-state index contributed by atoms with van der Waals surface area (Å²) in [5.74, 6) is 0. The van der Waals surface area contributed by atoms with Crippen LogP contribution in [0.1, 0.15) is 23.7 Å². The van der Waals surface area contributed by atoms with Crippen molar-refractivity contribution in [1.29, 1.82) is 0 Å². The van der Waals surface area contributed by atoms with Gasteiger partial charge in [-0.15, -0.1) is 11.3 Å². The van der Waals surface area contributed by atoms with Gasteiger partial charge in [0.15, 0.2) is 0 Å². The van der Waals surface area contributed by atoms with Gasteiger partial charge in [0.2, 0.25) is 0 Å². The number of hydrogen-bond donors (Lipinski definition) is 1. The molecule has 17 heavy (non-hydrogen) atoms. The first-order valence-corrected chi connectivity index (χ1v) is 6.30. The van der Waals surface area contributed by atoms with E-state index in [0.717, 1.165) is 23.1 Å². The van der Waals surface area contributed by atoms with Crippen molar-refractivity contribution in [2.24, 2.45) is 5.73 Å². The Morgan fingerprint density at radius 2 is 2.12 bits per heavy atom. The van der Waals surface area contributed by atoms with E-state index in [1.807, 2.05) is 36.7 Å². The highest BCUT2D eigenvalue weighted by Gasteiger charge is 2.07. The molecule has 1 heterocycles. The number of nitrogens with zero attached hydrogens (tertiary/aromatic N) is 1. The van der Waals surface area contributed by atoms with Crippen molar-refractivity contribution >= 4 is 17.6 Å². The fourth-order valence-corrected chi connectivity index (χ4v) is 2.51. The molecule has 4 heteroatoms. The summed E-state index contributed by atoms with van der Waals surface area (Å²) >= 11 is 1.63. The lowest BCUT2D eigenvalue weighted by Crippen LogP contribution is -2.10. The minimum Gasteiger partial charge on any atom is -0.324 e. The number of nitrogens with two attached hydrogens (primary N) is 1. The molecule has 0 spiro atoms. The number of aromatic nitrogens is 1. The second-order valence-corrected chi connectivity index (χ2v) is 4.75. The molecule has 1 aromatic carbocycles. The van der Waals surface area contributed by atoms with Crippen molar-refractivity contribution in [1.82, 2.24) is 4.98 Å². The molecule has 0 fully saturated rings. The number of thiazole rings is 1. The van der Waals surface area contributed by atoms with Crippen molar-refractivity contribution in [2.45, 2.75) is 19.4 Å². The number of rotatable bonds is 4. The highest BCUT2D eigenvalue weighted by atomic mass is 32.1. The molecule has 2 aromatic rings. The number of carbonyl (C=O) groups excluding carboxylic acids is 1. The van der Waals surface area contributed by atoms with E-state index in [9.17, 15) is 4.79 Å². The predicted octanol–water partition coefficient (Wildman–Crippen LogP) is 2.71. The summed E-state index contributed by atoms with van der Waals surface area (Å²) in [6, 6.07) is 7.80. The van der Waals surface area contributed by atoms with E-state index in [-0.39, 0.29) is 6.04 Å². The Labute approximate surface area is 104 Å². The molecule has 0 radical (unpaired) electrons. The van der Waals surface area contributed by atoms with Crippen LogP contribution in [0.3, 0.4) is 0 Å². The van der Waals surface area contributed by atoms with Gasteiger partial charge in [0, 0.05) is 12.5 Å². The van der Waals surface area contributed by atoms with Crippen molar-refractivity contribution in [3.05, 3.63) is 41.0 Å². The Morgan fingerprint density at radius 3 is 2.65 bits per heavy atom. The minimum atomic E-state index is -0.205. The maximum absolute atomic E-state index is 10.4. The van der Waals surface area contributed by atoms with E-state index >= 15 is 0 Å². The highest BCUT2D eigenvalue weighted by molar-refractivity contribution is 7.13. The molecular formula is C13H14N2OS. The first-order valence-electron chi connectivity index (χ1n) is 5.42. The van der Waals surface area contributed by atoms with E-state index in [2.05, 4.69) is 4.98 Å². The summed E-state index contributed by atoms with van der Waals surface area (Å²) in [6.45, 7) is 2.00. The third-order valence-corrected chi connectivity index (χ3v) is 3.67. The third kappa shape index (κ3) is 2.60. The number of hydrogen-bond acceptors (Lipinski definition) is 4. The lowest BCUT2D eigenvalue weighted by Gasteiger charge is -2.08. The molecule has 0 bridgehead atoms. The van der Waals surface area contributed by atoms with Crippen LogP contribution in [0.4, 0.5) is 0 Å². The van der Waals surface area contributed by atoms with Gasteiger partial charge in [-0.3, -0.25) is 0 Å². The van der Waals surface area contributed by atoms with Gasteiger partial charge >= 0.3 is 0 Å². The zero-order valence-electron chi connectivity index (χ0n) is 9.59. The van der Waals surface area contributed by atoms with Crippen molar-refractivity contribution < 1.29 is 4.79 Å². The molecule has 0 amide bonds. The number of aryl methyl sites for hydroxylation is 1. The Kier molecular flexibility index (Phi) is 3.66. The molecular weight excluding hydrogens is 232 g/mol. The Hall–Kier alpha value is -1.52. The van der Waals surface area contributed by atoms with Crippen LogP contribution in [-0.4, -0.2) is 11.3 Å². The summed E-state index contributed by atoms with van der Waals surface area (Å²) in [4.78, 5) is 15.8. The molecule has 0 unspecified atom stereocenters. The van der Waals surface area contributed by atoms with Gasteiger partial charge in [0.05, 0.1) is 16.1 Å². The van der Waals surface area contributed by atoms with E-state index in [4.69, 9.17) is 5.73 Å². The van der Waals surface area contributed by atoms with Gasteiger partial charge in [-0.1, -0.05) is 24.3 Å². The smallest absolute Gasteiger partial charge is 0.121 e. The molecule has 1 atom stereocenters. The molecule has 0 aliphatic heterocycles. The largest absolute Gasteiger partial charge is 0.324 e. The fraction of sp³-hybridized carbons (Fsp3) is 0.231. The summed E-state index contributed by atoms with van der Waals surface area (Å²) in [5.41, 5.74) is 10.9. The molecule has 1 aromatic heterocycles. The zero-order valence-corrected chi connectivity index (χ0v) is 10.4. The zero-order chi connectivity index (χ0) is 12.3. The minimum absolute atomic E-state index is 0.205. The van der Waals surface area contributed by atoms with Gasteiger partial charge in [0.1, 0.15) is 6.29 Å². The Morgan fingerprint density at radius 1 is 1.41 bits per heavy atom. The van der Waals surface area contributed by atoms with Crippen LogP contribution < -0.4 is 5.73 Å². The molecule has 2 N–H and O–H groups in total. The Balaban J connectivity index is 2.24.